The third kappa shape index (κ3) is 3.22. The van der Waals surface area contributed by atoms with Crippen LogP contribution in [0.1, 0.15) is 21.5 Å². The van der Waals surface area contributed by atoms with Gasteiger partial charge in [-0.1, -0.05) is 30.3 Å². The zero-order chi connectivity index (χ0) is 24.9. The molecule has 3 aliphatic rings. The van der Waals surface area contributed by atoms with Gasteiger partial charge in [0.1, 0.15) is 17.8 Å². The van der Waals surface area contributed by atoms with Gasteiger partial charge < -0.3 is 34.9 Å². The van der Waals surface area contributed by atoms with E-state index in [-0.39, 0.29) is 43.6 Å². The number of hydrogen-bond acceptors (Lipinski definition) is 6. The van der Waals surface area contributed by atoms with Crippen molar-refractivity contribution in [2.24, 2.45) is 0 Å². The minimum Gasteiger partial charge on any atom is -0.491 e. The lowest BCUT2D eigenvalue weighted by atomic mass is 9.77. The van der Waals surface area contributed by atoms with E-state index in [1.165, 1.54) is 12.1 Å². The fourth-order valence-corrected chi connectivity index (χ4v) is 5.01. The van der Waals surface area contributed by atoms with E-state index in [1.807, 2.05) is 30.3 Å². The van der Waals surface area contributed by atoms with Crippen LogP contribution in [-0.4, -0.2) is 49.5 Å². The Kier molecular flexibility index (Phi) is 4.96. The van der Waals surface area contributed by atoms with Crippen LogP contribution < -0.4 is 29.7 Å². The highest BCUT2D eigenvalue weighted by atomic mass is 16.7. The number of fused-ring (bicyclic) bond motifs is 5. The van der Waals surface area contributed by atoms with E-state index in [1.54, 1.807) is 23.1 Å². The number of rotatable bonds is 5. The van der Waals surface area contributed by atoms with Crippen LogP contribution in [0.5, 0.6) is 17.2 Å². The summed E-state index contributed by atoms with van der Waals surface area (Å²) in [6.45, 7) is 0.627. The maximum Gasteiger partial charge on any atom is 0.337 e. The zero-order valence-corrected chi connectivity index (χ0v) is 18.9. The van der Waals surface area contributed by atoms with Gasteiger partial charge in [0.2, 0.25) is 12.7 Å². The number of benzene rings is 3. The predicted octanol–water partition coefficient (Wildman–Crippen LogP) is 2.96. The fourth-order valence-electron chi connectivity index (χ4n) is 5.01. The Morgan fingerprint density at radius 1 is 0.944 bits per heavy atom. The van der Waals surface area contributed by atoms with Crippen molar-refractivity contribution in [1.29, 1.82) is 0 Å². The molecule has 3 N–H and O–H groups in total. The number of urea groups is 1. The average molecular weight is 487 g/mol. The maximum atomic E-state index is 13.9. The number of carboxylic acid groups (broad SMARTS) is 1. The first-order chi connectivity index (χ1) is 17.5. The number of nitrogens with zero attached hydrogens (tertiary/aromatic N) is 1. The van der Waals surface area contributed by atoms with Crippen LogP contribution in [0.15, 0.2) is 60.7 Å². The largest absolute Gasteiger partial charge is 0.491 e. The molecule has 3 aromatic carbocycles. The number of carboxylic acids is 1. The molecule has 1 spiro atoms. The highest BCUT2D eigenvalue weighted by Gasteiger charge is 2.57. The van der Waals surface area contributed by atoms with Gasteiger partial charge in [0.15, 0.2) is 11.5 Å². The zero-order valence-electron chi connectivity index (χ0n) is 18.9. The van der Waals surface area contributed by atoms with Crippen molar-refractivity contribution >= 4 is 29.3 Å². The highest BCUT2D eigenvalue weighted by molar-refractivity contribution is 6.11. The number of carbonyl (C=O) groups is 3. The number of hydrogen-bond donors (Lipinski definition) is 3. The smallest absolute Gasteiger partial charge is 0.337 e. The van der Waals surface area contributed by atoms with Gasteiger partial charge in [0.05, 0.1) is 11.3 Å². The van der Waals surface area contributed by atoms with Gasteiger partial charge in [-0.15, -0.1) is 0 Å². The molecule has 3 amide bonds. The van der Waals surface area contributed by atoms with Crippen LogP contribution in [-0.2, 0) is 10.2 Å². The van der Waals surface area contributed by atoms with Crippen LogP contribution in [0.4, 0.5) is 16.2 Å². The van der Waals surface area contributed by atoms with Gasteiger partial charge in [-0.05, 0) is 29.8 Å². The van der Waals surface area contributed by atoms with Crippen molar-refractivity contribution in [1.82, 2.24) is 5.32 Å². The molecule has 0 saturated heterocycles. The number of carbonyl (C=O) groups excluding carboxylic acids is 2. The van der Waals surface area contributed by atoms with Crippen LogP contribution in [0, 0.1) is 0 Å². The van der Waals surface area contributed by atoms with Gasteiger partial charge in [-0.25, -0.2) is 9.59 Å². The molecule has 3 aromatic rings. The van der Waals surface area contributed by atoms with E-state index < -0.39 is 17.4 Å². The fraction of sp³-hybridized carbons (Fsp3) is 0.192. The van der Waals surface area contributed by atoms with Crippen molar-refractivity contribution in [3.05, 3.63) is 77.4 Å². The summed E-state index contributed by atoms with van der Waals surface area (Å²) in [5, 5.41) is 14.6. The normalized spacial score (nSPS) is 18.6. The highest BCUT2D eigenvalue weighted by Crippen LogP contribution is 2.54. The number of amides is 3. The van der Waals surface area contributed by atoms with E-state index in [0.717, 1.165) is 16.8 Å². The van der Waals surface area contributed by atoms with Gasteiger partial charge in [-0.2, -0.15) is 0 Å². The predicted molar refractivity (Wildman–Crippen MR) is 128 cm³/mol. The minimum atomic E-state index is -1.14. The molecule has 1 unspecified atom stereocenters. The first-order valence-electron chi connectivity index (χ1n) is 11.3. The summed E-state index contributed by atoms with van der Waals surface area (Å²) in [7, 11) is 0. The Balaban J connectivity index is 1.22. The Labute approximate surface area is 205 Å². The molecule has 6 rings (SSSR count). The lowest BCUT2D eigenvalue weighted by Crippen LogP contribution is -2.45. The lowest BCUT2D eigenvalue weighted by Gasteiger charge is -2.23. The first kappa shape index (κ1) is 21.8. The minimum absolute atomic E-state index is 0.0148. The molecular formula is C26H21N3O7. The second-order valence-electron chi connectivity index (χ2n) is 8.60. The second kappa shape index (κ2) is 8.19. The number of nitrogens with one attached hydrogen (secondary N) is 2. The van der Waals surface area contributed by atoms with Crippen LogP contribution in [0.3, 0.4) is 0 Å². The first-order valence-corrected chi connectivity index (χ1v) is 11.3. The molecule has 10 heteroatoms. The Morgan fingerprint density at radius 3 is 2.53 bits per heavy atom. The summed E-state index contributed by atoms with van der Waals surface area (Å²) in [6, 6.07) is 16.7. The van der Waals surface area contributed by atoms with E-state index in [0.29, 0.717) is 17.2 Å². The quantitative estimate of drug-likeness (QED) is 0.505. The average Bonchev–Trinajstić information content (AvgIpc) is 3.55. The number of aromatic carboxylic acids is 1. The van der Waals surface area contributed by atoms with Crippen LogP contribution >= 0.6 is 0 Å². The molecule has 0 bridgehead atoms. The topological polar surface area (TPSA) is 126 Å². The van der Waals surface area contributed by atoms with E-state index in [4.69, 9.17) is 14.2 Å². The number of anilines is 2. The summed E-state index contributed by atoms with van der Waals surface area (Å²) in [5.41, 5.74) is 1.45. The standard InChI is InChI=1S/C26H21N3O7/c30-23(31)15-5-1-3-7-18(15)28-25(33)27-9-10-29-19-8-4-2-6-16(19)26(24(29)32)13-34-20-12-22-21(11-17(20)26)35-14-36-22/h1-8,11-12H,9-10,13-14H2,(H,30,31)(H2,27,28,33). The molecule has 0 saturated carbocycles. The molecular weight excluding hydrogens is 466 g/mol. The second-order valence-corrected chi connectivity index (χ2v) is 8.60. The summed E-state index contributed by atoms with van der Waals surface area (Å²) in [5.74, 6) is 0.444. The van der Waals surface area contributed by atoms with Crippen LogP contribution in [0.2, 0.25) is 0 Å². The number of para-hydroxylation sites is 2. The molecule has 0 fully saturated rings. The number of ether oxygens (including phenoxy) is 3. The van der Waals surface area contributed by atoms with Crippen molar-refractivity contribution in [3.63, 3.8) is 0 Å². The van der Waals surface area contributed by atoms with E-state index in [9.17, 15) is 19.5 Å². The van der Waals surface area contributed by atoms with Gasteiger partial charge in [0.25, 0.3) is 0 Å². The maximum absolute atomic E-state index is 13.9. The monoisotopic (exact) mass is 487 g/mol. The summed E-state index contributed by atoms with van der Waals surface area (Å²) in [4.78, 5) is 39.4. The van der Waals surface area contributed by atoms with Gasteiger partial charge in [-0.3, -0.25) is 4.79 Å². The molecule has 36 heavy (non-hydrogen) atoms. The molecule has 3 heterocycles. The molecule has 0 aliphatic carbocycles. The lowest BCUT2D eigenvalue weighted by molar-refractivity contribution is -0.122. The SMILES string of the molecule is O=C(NCCN1C(=O)C2(COc3cc4c(cc32)OCO4)c2ccccc21)Nc1ccccc1C(=O)O. The Morgan fingerprint density at radius 2 is 1.69 bits per heavy atom. The van der Waals surface area contributed by atoms with Gasteiger partial charge in [0, 0.05) is 30.4 Å². The molecule has 1 atom stereocenters. The molecule has 0 radical (unpaired) electrons. The van der Waals surface area contributed by atoms with E-state index in [2.05, 4.69) is 10.6 Å². The van der Waals surface area contributed by atoms with Crippen molar-refractivity contribution in [3.8, 4) is 17.2 Å². The molecule has 10 nitrogen and oxygen atoms in total. The third-order valence-corrected chi connectivity index (χ3v) is 6.67. The van der Waals surface area contributed by atoms with Crippen LogP contribution in [0.25, 0.3) is 0 Å². The molecule has 182 valence electrons. The Bertz CT molecular complexity index is 1420. The summed E-state index contributed by atoms with van der Waals surface area (Å²) < 4.78 is 17.0. The summed E-state index contributed by atoms with van der Waals surface area (Å²) >= 11 is 0. The summed E-state index contributed by atoms with van der Waals surface area (Å²) in [6.07, 6.45) is 0. The molecule has 0 aromatic heterocycles. The van der Waals surface area contributed by atoms with Gasteiger partial charge >= 0.3 is 12.0 Å². The molecule has 3 aliphatic heterocycles. The third-order valence-electron chi connectivity index (χ3n) is 6.67. The van der Waals surface area contributed by atoms with Crippen molar-refractivity contribution in [2.75, 3.05) is 36.7 Å². The van der Waals surface area contributed by atoms with Crippen molar-refractivity contribution in [2.45, 2.75) is 5.41 Å². The van der Waals surface area contributed by atoms with Crippen molar-refractivity contribution < 1.29 is 33.7 Å². The Hall–Kier alpha value is -4.73. The van der Waals surface area contributed by atoms with E-state index >= 15 is 0 Å².